The third-order valence-electron chi connectivity index (χ3n) is 4.85. The Hall–Kier alpha value is -2.87. The molecule has 1 heterocycles. The van der Waals surface area contributed by atoms with Crippen LogP contribution in [-0.4, -0.2) is 16.8 Å². The van der Waals surface area contributed by atoms with Gasteiger partial charge >= 0.3 is 0 Å². The van der Waals surface area contributed by atoms with E-state index in [4.69, 9.17) is 0 Å². The first-order valence-electron chi connectivity index (χ1n) is 8.80. The van der Waals surface area contributed by atoms with Crippen LogP contribution in [0.5, 0.6) is 0 Å². The lowest BCUT2D eigenvalue weighted by Gasteiger charge is -2.22. The van der Waals surface area contributed by atoms with Crippen LogP contribution in [-0.2, 0) is 11.3 Å². The van der Waals surface area contributed by atoms with Gasteiger partial charge < -0.3 is 4.90 Å². The Morgan fingerprint density at radius 3 is 2.52 bits per heavy atom. The third-order valence-corrected chi connectivity index (χ3v) is 4.85. The molecule has 1 atom stereocenters. The molecule has 1 saturated heterocycles. The molecule has 0 saturated carbocycles. The third kappa shape index (κ3) is 3.48. The lowest BCUT2D eigenvalue weighted by Crippen LogP contribution is -2.31. The minimum atomic E-state index is 0.180. The SMILES string of the molecule is O=C1CCC(/C=C/c2ccc3ccccc3c2)N1Cc1ccccc1. The number of rotatable bonds is 4. The highest BCUT2D eigenvalue weighted by molar-refractivity contribution is 5.85. The zero-order chi connectivity index (χ0) is 17.1. The van der Waals surface area contributed by atoms with Crippen molar-refractivity contribution >= 4 is 22.8 Å². The molecule has 2 nitrogen and oxygen atoms in total. The quantitative estimate of drug-likeness (QED) is 0.657. The summed E-state index contributed by atoms with van der Waals surface area (Å²) in [5.74, 6) is 0.247. The van der Waals surface area contributed by atoms with E-state index < -0.39 is 0 Å². The minimum Gasteiger partial charge on any atom is -0.332 e. The number of hydrogen-bond donors (Lipinski definition) is 0. The molecule has 1 amide bonds. The topological polar surface area (TPSA) is 20.3 Å². The van der Waals surface area contributed by atoms with Crippen LogP contribution in [0.25, 0.3) is 16.8 Å². The molecule has 3 aromatic rings. The summed E-state index contributed by atoms with van der Waals surface area (Å²) in [5, 5.41) is 2.50. The summed E-state index contributed by atoms with van der Waals surface area (Å²) < 4.78 is 0. The van der Waals surface area contributed by atoms with Gasteiger partial charge in [0.05, 0.1) is 6.04 Å². The summed E-state index contributed by atoms with van der Waals surface area (Å²) in [7, 11) is 0. The van der Waals surface area contributed by atoms with Crippen molar-refractivity contribution in [3.05, 3.63) is 90.0 Å². The van der Waals surface area contributed by atoms with E-state index in [1.54, 1.807) is 0 Å². The maximum atomic E-state index is 12.3. The number of likely N-dealkylation sites (tertiary alicyclic amines) is 1. The molecule has 1 fully saturated rings. The van der Waals surface area contributed by atoms with Gasteiger partial charge in [-0.05, 0) is 34.4 Å². The van der Waals surface area contributed by atoms with Crippen LogP contribution in [0, 0.1) is 0 Å². The molecule has 1 aliphatic rings. The summed E-state index contributed by atoms with van der Waals surface area (Å²) in [4.78, 5) is 14.3. The van der Waals surface area contributed by atoms with Crippen LogP contribution >= 0.6 is 0 Å². The number of benzene rings is 3. The smallest absolute Gasteiger partial charge is 0.223 e. The molecule has 0 bridgehead atoms. The van der Waals surface area contributed by atoms with Gasteiger partial charge in [-0.1, -0.05) is 78.9 Å². The van der Waals surface area contributed by atoms with Gasteiger partial charge in [0.15, 0.2) is 0 Å². The van der Waals surface area contributed by atoms with Crippen LogP contribution in [0.4, 0.5) is 0 Å². The monoisotopic (exact) mass is 327 g/mol. The van der Waals surface area contributed by atoms with Crippen molar-refractivity contribution in [2.24, 2.45) is 0 Å². The van der Waals surface area contributed by atoms with Gasteiger partial charge in [-0.15, -0.1) is 0 Å². The fourth-order valence-corrected chi connectivity index (χ4v) is 3.48. The molecule has 2 heteroatoms. The maximum Gasteiger partial charge on any atom is 0.223 e. The van der Waals surface area contributed by atoms with Crippen molar-refractivity contribution in [2.45, 2.75) is 25.4 Å². The Morgan fingerprint density at radius 2 is 1.68 bits per heavy atom. The second-order valence-corrected chi connectivity index (χ2v) is 6.58. The lowest BCUT2D eigenvalue weighted by atomic mass is 10.1. The average molecular weight is 327 g/mol. The van der Waals surface area contributed by atoms with Gasteiger partial charge in [-0.2, -0.15) is 0 Å². The molecule has 25 heavy (non-hydrogen) atoms. The van der Waals surface area contributed by atoms with Crippen LogP contribution in [0.2, 0.25) is 0 Å². The highest BCUT2D eigenvalue weighted by atomic mass is 16.2. The van der Waals surface area contributed by atoms with Gasteiger partial charge in [0, 0.05) is 13.0 Å². The minimum absolute atomic E-state index is 0.180. The Labute approximate surface area is 148 Å². The van der Waals surface area contributed by atoms with E-state index in [2.05, 4.69) is 66.7 Å². The van der Waals surface area contributed by atoms with Crippen LogP contribution in [0.1, 0.15) is 24.0 Å². The van der Waals surface area contributed by atoms with E-state index in [9.17, 15) is 4.79 Å². The van der Waals surface area contributed by atoms with Crippen molar-refractivity contribution in [3.8, 4) is 0 Å². The standard InChI is InChI=1S/C23H21NO/c25-23-15-14-22(24(23)17-19-6-2-1-3-7-19)13-11-18-10-12-20-8-4-5-9-21(20)16-18/h1-13,16,22H,14-15,17H2/b13-11+. The second-order valence-electron chi connectivity index (χ2n) is 6.58. The Bertz CT molecular complexity index is 914. The zero-order valence-corrected chi connectivity index (χ0v) is 14.1. The van der Waals surface area contributed by atoms with Crippen molar-refractivity contribution in [1.29, 1.82) is 0 Å². The molecule has 124 valence electrons. The van der Waals surface area contributed by atoms with Crippen molar-refractivity contribution in [3.63, 3.8) is 0 Å². The molecule has 0 radical (unpaired) electrons. The Morgan fingerprint density at radius 1 is 0.920 bits per heavy atom. The molecule has 4 rings (SSSR count). The van der Waals surface area contributed by atoms with Gasteiger partial charge in [0.2, 0.25) is 5.91 Å². The van der Waals surface area contributed by atoms with Crippen molar-refractivity contribution in [1.82, 2.24) is 4.90 Å². The molecule has 3 aromatic carbocycles. The molecule has 0 spiro atoms. The highest BCUT2D eigenvalue weighted by Gasteiger charge is 2.28. The number of hydrogen-bond acceptors (Lipinski definition) is 1. The highest BCUT2D eigenvalue weighted by Crippen LogP contribution is 2.24. The number of amides is 1. The first kappa shape index (κ1) is 15.6. The summed E-state index contributed by atoms with van der Waals surface area (Å²) >= 11 is 0. The Balaban J connectivity index is 1.53. The van der Waals surface area contributed by atoms with E-state index in [0.29, 0.717) is 13.0 Å². The molecular weight excluding hydrogens is 306 g/mol. The lowest BCUT2D eigenvalue weighted by molar-refractivity contribution is -0.129. The van der Waals surface area contributed by atoms with Crippen molar-refractivity contribution < 1.29 is 4.79 Å². The van der Waals surface area contributed by atoms with E-state index in [1.807, 2.05) is 23.1 Å². The first-order chi connectivity index (χ1) is 12.3. The van der Waals surface area contributed by atoms with E-state index in [0.717, 1.165) is 6.42 Å². The number of carbonyl (C=O) groups excluding carboxylic acids is 1. The molecule has 1 unspecified atom stereocenters. The fraction of sp³-hybridized carbons (Fsp3) is 0.174. The average Bonchev–Trinajstić information content (AvgIpc) is 3.00. The Kier molecular flexibility index (Phi) is 4.34. The van der Waals surface area contributed by atoms with Gasteiger partial charge in [-0.3, -0.25) is 4.79 Å². The summed E-state index contributed by atoms with van der Waals surface area (Å²) in [6, 6.07) is 25.3. The summed E-state index contributed by atoms with van der Waals surface area (Å²) in [6.07, 6.45) is 5.86. The normalized spacial score (nSPS) is 17.7. The maximum absolute atomic E-state index is 12.3. The van der Waals surface area contributed by atoms with Gasteiger partial charge in [0.25, 0.3) is 0 Å². The number of fused-ring (bicyclic) bond motifs is 1. The molecule has 0 aliphatic carbocycles. The molecule has 0 N–H and O–H groups in total. The molecule has 1 aliphatic heterocycles. The van der Waals surface area contributed by atoms with Crippen LogP contribution < -0.4 is 0 Å². The second kappa shape index (κ2) is 6.94. The van der Waals surface area contributed by atoms with Gasteiger partial charge in [-0.25, -0.2) is 0 Å². The summed E-state index contributed by atoms with van der Waals surface area (Å²) in [5.41, 5.74) is 2.36. The number of nitrogens with zero attached hydrogens (tertiary/aromatic N) is 1. The fourth-order valence-electron chi connectivity index (χ4n) is 3.48. The van der Waals surface area contributed by atoms with E-state index in [-0.39, 0.29) is 11.9 Å². The van der Waals surface area contributed by atoms with Crippen molar-refractivity contribution in [2.75, 3.05) is 0 Å². The van der Waals surface area contributed by atoms with Crippen LogP contribution in [0.15, 0.2) is 78.9 Å². The number of carbonyl (C=O) groups is 1. The molecule has 0 aromatic heterocycles. The predicted molar refractivity (Wildman–Crippen MR) is 103 cm³/mol. The van der Waals surface area contributed by atoms with Crippen LogP contribution in [0.3, 0.4) is 0 Å². The predicted octanol–water partition coefficient (Wildman–Crippen LogP) is 5.04. The van der Waals surface area contributed by atoms with E-state index >= 15 is 0 Å². The van der Waals surface area contributed by atoms with E-state index in [1.165, 1.54) is 21.9 Å². The zero-order valence-electron chi connectivity index (χ0n) is 14.1. The largest absolute Gasteiger partial charge is 0.332 e. The van der Waals surface area contributed by atoms with Gasteiger partial charge in [0.1, 0.15) is 0 Å². The first-order valence-corrected chi connectivity index (χ1v) is 8.80. The molecular formula is C23H21NO. The summed E-state index contributed by atoms with van der Waals surface area (Å²) in [6.45, 7) is 0.687.